The minimum absolute atomic E-state index is 0.122. The zero-order chi connectivity index (χ0) is 13.0. The monoisotopic (exact) mass is 267 g/mol. The van der Waals surface area contributed by atoms with E-state index in [0.717, 1.165) is 24.5 Å². The molecular weight excluding hydrogens is 253 g/mol. The number of nitrogens with zero attached hydrogens (tertiary/aromatic N) is 2. The third-order valence-corrected chi connectivity index (χ3v) is 2.93. The van der Waals surface area contributed by atoms with Gasteiger partial charge in [-0.05, 0) is 24.6 Å². The van der Waals surface area contributed by atoms with Crippen LogP contribution < -0.4 is 5.32 Å². The summed E-state index contributed by atoms with van der Waals surface area (Å²) in [5, 5.41) is 3.30. The lowest BCUT2D eigenvalue weighted by Crippen LogP contribution is -2.08. The molecule has 0 fully saturated rings. The molecule has 0 bridgehead atoms. The fourth-order valence-corrected chi connectivity index (χ4v) is 1.92. The predicted molar refractivity (Wildman–Crippen MR) is 71.3 cm³/mol. The Morgan fingerprint density at radius 1 is 1.44 bits per heavy atom. The van der Waals surface area contributed by atoms with Gasteiger partial charge in [0, 0.05) is 24.6 Å². The first-order valence-electron chi connectivity index (χ1n) is 5.89. The molecule has 0 radical (unpaired) electrons. The van der Waals surface area contributed by atoms with Crippen molar-refractivity contribution in [3.05, 3.63) is 47.3 Å². The van der Waals surface area contributed by atoms with Gasteiger partial charge in [-0.25, -0.2) is 9.37 Å². The highest BCUT2D eigenvalue weighted by Crippen LogP contribution is 2.19. The van der Waals surface area contributed by atoms with E-state index in [9.17, 15) is 4.39 Å². The van der Waals surface area contributed by atoms with E-state index in [2.05, 4.69) is 21.8 Å². The molecule has 0 amide bonds. The molecule has 0 atom stereocenters. The first-order valence-corrected chi connectivity index (χ1v) is 6.27. The third-order valence-electron chi connectivity index (χ3n) is 2.64. The molecule has 1 N–H and O–H groups in total. The van der Waals surface area contributed by atoms with Gasteiger partial charge in [-0.3, -0.25) is 0 Å². The molecule has 1 heterocycles. The fourth-order valence-electron chi connectivity index (χ4n) is 1.74. The van der Waals surface area contributed by atoms with E-state index in [1.165, 1.54) is 6.07 Å². The van der Waals surface area contributed by atoms with E-state index in [-0.39, 0.29) is 5.02 Å². The number of nitrogens with one attached hydrogen (secondary N) is 1. The molecule has 0 saturated carbocycles. The first kappa shape index (κ1) is 12.9. The van der Waals surface area contributed by atoms with Crippen LogP contribution in [-0.2, 0) is 13.1 Å². The normalized spacial score (nSPS) is 10.6. The number of hydrogen-bond acceptors (Lipinski definition) is 2. The molecule has 0 saturated heterocycles. The Kier molecular flexibility index (Phi) is 4.20. The number of aromatic nitrogens is 2. The molecule has 0 unspecified atom stereocenters. The number of halogens is 2. The van der Waals surface area contributed by atoms with Gasteiger partial charge in [-0.1, -0.05) is 18.5 Å². The summed E-state index contributed by atoms with van der Waals surface area (Å²) < 4.78 is 15.1. The number of anilines is 1. The minimum atomic E-state index is -0.408. The molecule has 0 spiro atoms. The van der Waals surface area contributed by atoms with Crippen LogP contribution in [0.15, 0.2) is 30.6 Å². The zero-order valence-corrected chi connectivity index (χ0v) is 10.9. The van der Waals surface area contributed by atoms with Crippen LogP contribution in [0, 0.1) is 5.82 Å². The molecular formula is C13H15ClFN3. The zero-order valence-electron chi connectivity index (χ0n) is 10.2. The highest BCUT2D eigenvalue weighted by molar-refractivity contribution is 6.31. The molecule has 0 aliphatic carbocycles. The van der Waals surface area contributed by atoms with Crippen molar-refractivity contribution in [1.29, 1.82) is 0 Å². The van der Waals surface area contributed by atoms with Crippen molar-refractivity contribution in [1.82, 2.24) is 9.55 Å². The first-order chi connectivity index (χ1) is 8.70. The fraction of sp³-hybridized carbons (Fsp3) is 0.308. The van der Waals surface area contributed by atoms with Crippen molar-refractivity contribution in [3.8, 4) is 0 Å². The summed E-state index contributed by atoms with van der Waals surface area (Å²) in [4.78, 5) is 4.28. The second-order valence-electron chi connectivity index (χ2n) is 4.02. The van der Waals surface area contributed by atoms with E-state index in [1.807, 2.05) is 6.20 Å². The Morgan fingerprint density at radius 2 is 2.28 bits per heavy atom. The summed E-state index contributed by atoms with van der Waals surface area (Å²) in [5.74, 6) is 0.548. The second-order valence-corrected chi connectivity index (χ2v) is 4.43. The van der Waals surface area contributed by atoms with Gasteiger partial charge in [0.25, 0.3) is 0 Å². The molecule has 5 heteroatoms. The summed E-state index contributed by atoms with van der Waals surface area (Å²) in [5.41, 5.74) is 0.785. The third kappa shape index (κ3) is 3.01. The van der Waals surface area contributed by atoms with E-state index in [1.54, 1.807) is 18.3 Å². The molecule has 2 rings (SSSR count). The van der Waals surface area contributed by atoms with Crippen LogP contribution in [0.2, 0.25) is 5.02 Å². The quantitative estimate of drug-likeness (QED) is 0.895. The van der Waals surface area contributed by atoms with E-state index < -0.39 is 5.82 Å². The molecule has 96 valence electrons. The number of hydrogen-bond donors (Lipinski definition) is 1. The maximum absolute atomic E-state index is 13.0. The molecule has 18 heavy (non-hydrogen) atoms. The summed E-state index contributed by atoms with van der Waals surface area (Å²) in [6.07, 6.45) is 4.80. The van der Waals surface area contributed by atoms with Gasteiger partial charge in [-0.2, -0.15) is 0 Å². The standard InChI is InChI=1S/C13H15ClFN3/c1-2-6-18-7-5-16-13(18)9-17-10-3-4-12(15)11(14)8-10/h3-5,7-8,17H,2,6,9H2,1H3. The molecule has 0 aliphatic heterocycles. The van der Waals surface area contributed by atoms with Crippen LogP contribution in [0.25, 0.3) is 0 Å². The summed E-state index contributed by atoms with van der Waals surface area (Å²) >= 11 is 5.72. The van der Waals surface area contributed by atoms with Gasteiger partial charge in [0.05, 0.1) is 11.6 Å². The van der Waals surface area contributed by atoms with Gasteiger partial charge in [-0.15, -0.1) is 0 Å². The summed E-state index contributed by atoms with van der Waals surface area (Å²) in [6, 6.07) is 4.58. The van der Waals surface area contributed by atoms with Gasteiger partial charge in [0.15, 0.2) is 0 Å². The van der Waals surface area contributed by atoms with Crippen molar-refractivity contribution < 1.29 is 4.39 Å². The molecule has 1 aromatic heterocycles. The number of aryl methyl sites for hydroxylation is 1. The van der Waals surface area contributed by atoms with Crippen LogP contribution in [0.1, 0.15) is 19.2 Å². The van der Waals surface area contributed by atoms with Crippen LogP contribution in [0.5, 0.6) is 0 Å². The van der Waals surface area contributed by atoms with Gasteiger partial charge < -0.3 is 9.88 Å². The summed E-state index contributed by atoms with van der Waals surface area (Å²) in [6.45, 7) is 3.66. The highest BCUT2D eigenvalue weighted by Gasteiger charge is 2.03. The van der Waals surface area contributed by atoms with E-state index in [4.69, 9.17) is 11.6 Å². The van der Waals surface area contributed by atoms with Crippen molar-refractivity contribution in [2.75, 3.05) is 5.32 Å². The highest BCUT2D eigenvalue weighted by atomic mass is 35.5. The molecule has 0 aliphatic rings. The summed E-state index contributed by atoms with van der Waals surface area (Å²) in [7, 11) is 0. The van der Waals surface area contributed by atoms with Crippen molar-refractivity contribution >= 4 is 17.3 Å². The number of imidazole rings is 1. The van der Waals surface area contributed by atoms with E-state index in [0.29, 0.717) is 6.54 Å². The smallest absolute Gasteiger partial charge is 0.141 e. The van der Waals surface area contributed by atoms with E-state index >= 15 is 0 Å². The Balaban J connectivity index is 2.02. The number of rotatable bonds is 5. The van der Waals surface area contributed by atoms with Crippen LogP contribution >= 0.6 is 11.6 Å². The molecule has 2 aromatic rings. The average molecular weight is 268 g/mol. The average Bonchev–Trinajstić information content (AvgIpc) is 2.79. The van der Waals surface area contributed by atoms with Gasteiger partial charge >= 0.3 is 0 Å². The predicted octanol–water partition coefficient (Wildman–Crippen LogP) is 3.70. The Hall–Kier alpha value is -1.55. The SMILES string of the molecule is CCCn1ccnc1CNc1ccc(F)c(Cl)c1. The van der Waals surface area contributed by atoms with Crippen LogP contribution in [0.4, 0.5) is 10.1 Å². The maximum atomic E-state index is 13.0. The van der Waals surface area contributed by atoms with Crippen molar-refractivity contribution in [2.45, 2.75) is 26.4 Å². The number of benzene rings is 1. The topological polar surface area (TPSA) is 29.9 Å². The lowest BCUT2D eigenvalue weighted by atomic mass is 10.3. The molecule has 3 nitrogen and oxygen atoms in total. The Morgan fingerprint density at radius 3 is 3.00 bits per heavy atom. The Labute approximate surface area is 111 Å². The second kappa shape index (κ2) is 5.87. The largest absolute Gasteiger partial charge is 0.378 e. The minimum Gasteiger partial charge on any atom is -0.378 e. The lowest BCUT2D eigenvalue weighted by Gasteiger charge is -2.09. The van der Waals surface area contributed by atoms with Crippen LogP contribution in [0.3, 0.4) is 0 Å². The lowest BCUT2D eigenvalue weighted by molar-refractivity contribution is 0.628. The van der Waals surface area contributed by atoms with Gasteiger partial charge in [0.2, 0.25) is 0 Å². The molecule has 1 aromatic carbocycles. The maximum Gasteiger partial charge on any atom is 0.141 e. The van der Waals surface area contributed by atoms with Gasteiger partial charge in [0.1, 0.15) is 11.6 Å². The Bertz CT molecular complexity index is 525. The van der Waals surface area contributed by atoms with Crippen molar-refractivity contribution in [2.24, 2.45) is 0 Å². The van der Waals surface area contributed by atoms with Crippen LogP contribution in [-0.4, -0.2) is 9.55 Å². The van der Waals surface area contributed by atoms with Crippen molar-refractivity contribution in [3.63, 3.8) is 0 Å².